The zero-order valence-corrected chi connectivity index (χ0v) is 6.53. The van der Waals surface area contributed by atoms with E-state index >= 15 is 0 Å². The Hall–Kier alpha value is -0.900. The van der Waals surface area contributed by atoms with Gasteiger partial charge in [0.05, 0.1) is 6.61 Å². The van der Waals surface area contributed by atoms with Gasteiger partial charge in [0.25, 0.3) is 11.1 Å². The summed E-state index contributed by atoms with van der Waals surface area (Å²) in [6, 6.07) is 0. The lowest BCUT2D eigenvalue weighted by molar-refractivity contribution is -0.115. The van der Waals surface area contributed by atoms with E-state index in [2.05, 4.69) is 24.1 Å². The number of amides is 1. The maximum absolute atomic E-state index is 10.5. The topological polar surface area (TPSA) is 38.3 Å². The van der Waals surface area contributed by atoms with Crippen molar-refractivity contribution in [2.75, 3.05) is 6.61 Å². The SMILES string of the molecule is C=CC(=O)NC(=S)OCC. The molecule has 0 spiro atoms. The van der Waals surface area contributed by atoms with Crippen molar-refractivity contribution in [3.05, 3.63) is 12.7 Å². The quantitative estimate of drug-likeness (QED) is 0.474. The Morgan fingerprint density at radius 3 is 2.90 bits per heavy atom. The normalized spacial score (nSPS) is 8.10. The Kier molecular flexibility index (Phi) is 4.49. The fourth-order valence-electron chi connectivity index (χ4n) is 0.319. The van der Waals surface area contributed by atoms with E-state index in [-0.39, 0.29) is 11.1 Å². The van der Waals surface area contributed by atoms with Crippen LogP contribution in [0.15, 0.2) is 12.7 Å². The zero-order chi connectivity index (χ0) is 7.98. The average molecular weight is 159 g/mol. The maximum Gasteiger partial charge on any atom is 0.263 e. The maximum atomic E-state index is 10.5. The summed E-state index contributed by atoms with van der Waals surface area (Å²) >= 11 is 4.59. The number of carbonyl (C=O) groups excluding carboxylic acids is 1. The lowest BCUT2D eigenvalue weighted by Gasteiger charge is -2.02. The minimum absolute atomic E-state index is 0.0902. The lowest BCUT2D eigenvalue weighted by Crippen LogP contribution is -2.28. The number of thiocarbonyl (C=S) groups is 1. The third-order valence-electron chi connectivity index (χ3n) is 0.686. The molecule has 0 aromatic rings. The molecule has 10 heavy (non-hydrogen) atoms. The Morgan fingerprint density at radius 2 is 2.50 bits per heavy atom. The van der Waals surface area contributed by atoms with E-state index in [0.29, 0.717) is 6.61 Å². The molecular weight excluding hydrogens is 150 g/mol. The number of hydrogen-bond acceptors (Lipinski definition) is 3. The van der Waals surface area contributed by atoms with Gasteiger partial charge in [-0.25, -0.2) is 0 Å². The van der Waals surface area contributed by atoms with Gasteiger partial charge in [-0.15, -0.1) is 0 Å². The highest BCUT2D eigenvalue weighted by Crippen LogP contribution is 1.77. The van der Waals surface area contributed by atoms with Gasteiger partial charge in [0.1, 0.15) is 0 Å². The molecule has 0 aliphatic carbocycles. The van der Waals surface area contributed by atoms with Crippen molar-refractivity contribution in [2.45, 2.75) is 6.92 Å². The van der Waals surface area contributed by atoms with Gasteiger partial charge in [-0.3, -0.25) is 10.1 Å². The Labute approximate surface area is 65.1 Å². The molecule has 0 aromatic carbocycles. The van der Waals surface area contributed by atoms with E-state index < -0.39 is 0 Å². The highest BCUT2D eigenvalue weighted by atomic mass is 32.1. The van der Waals surface area contributed by atoms with Crippen LogP contribution in [0.5, 0.6) is 0 Å². The monoisotopic (exact) mass is 159 g/mol. The van der Waals surface area contributed by atoms with Crippen LogP contribution < -0.4 is 5.32 Å². The Bertz CT molecular complexity index is 156. The average Bonchev–Trinajstić information content (AvgIpc) is 1.88. The molecule has 3 nitrogen and oxygen atoms in total. The van der Waals surface area contributed by atoms with Crippen LogP contribution in [0, 0.1) is 0 Å². The van der Waals surface area contributed by atoms with Crippen molar-refractivity contribution < 1.29 is 9.53 Å². The van der Waals surface area contributed by atoms with Crippen molar-refractivity contribution >= 4 is 23.3 Å². The zero-order valence-electron chi connectivity index (χ0n) is 5.72. The molecule has 0 heterocycles. The molecule has 0 bridgehead atoms. The van der Waals surface area contributed by atoms with Crippen LogP contribution >= 0.6 is 12.2 Å². The van der Waals surface area contributed by atoms with Crippen LogP contribution in [0.1, 0.15) is 6.92 Å². The smallest absolute Gasteiger partial charge is 0.263 e. The molecule has 56 valence electrons. The molecule has 0 aromatic heterocycles. The van der Waals surface area contributed by atoms with Gasteiger partial charge in [0, 0.05) is 0 Å². The molecule has 1 amide bonds. The molecule has 0 fully saturated rings. The van der Waals surface area contributed by atoms with Crippen LogP contribution in [0.2, 0.25) is 0 Å². The highest BCUT2D eigenvalue weighted by molar-refractivity contribution is 7.80. The number of nitrogens with one attached hydrogen (secondary N) is 1. The van der Waals surface area contributed by atoms with Crippen LogP contribution in [0.25, 0.3) is 0 Å². The third-order valence-corrected chi connectivity index (χ3v) is 0.906. The molecule has 0 rings (SSSR count). The van der Waals surface area contributed by atoms with Gasteiger partial charge >= 0.3 is 0 Å². The number of rotatable bonds is 2. The predicted molar refractivity (Wildman–Crippen MR) is 42.6 cm³/mol. The summed E-state index contributed by atoms with van der Waals surface area (Å²) in [5.41, 5.74) is 0. The minimum atomic E-state index is -0.349. The summed E-state index contributed by atoms with van der Waals surface area (Å²) in [5, 5.41) is 2.37. The van der Waals surface area contributed by atoms with E-state index in [1.165, 1.54) is 0 Å². The predicted octanol–water partition coefficient (Wildman–Crippen LogP) is 0.610. The second-order valence-corrected chi connectivity index (χ2v) is 1.78. The summed E-state index contributed by atoms with van der Waals surface area (Å²) in [6.45, 7) is 5.49. The first-order chi connectivity index (χ1) is 4.70. The van der Waals surface area contributed by atoms with Gasteiger partial charge < -0.3 is 4.74 Å². The van der Waals surface area contributed by atoms with Crippen molar-refractivity contribution in [3.8, 4) is 0 Å². The third kappa shape index (κ3) is 4.03. The fraction of sp³-hybridized carbons (Fsp3) is 0.333. The standard InChI is InChI=1S/C6H9NO2S/c1-3-5(8)7-6(10)9-4-2/h3H,1,4H2,2H3,(H,7,8,10). The van der Waals surface area contributed by atoms with Crippen molar-refractivity contribution in [1.82, 2.24) is 5.32 Å². The molecular formula is C6H9NO2S. The van der Waals surface area contributed by atoms with Crippen LogP contribution in [0.4, 0.5) is 0 Å². The molecule has 1 N–H and O–H groups in total. The molecule has 0 radical (unpaired) electrons. The molecule has 4 heteroatoms. The van der Waals surface area contributed by atoms with Crippen LogP contribution in [-0.4, -0.2) is 17.7 Å². The first-order valence-corrected chi connectivity index (χ1v) is 3.21. The van der Waals surface area contributed by atoms with Gasteiger partial charge in [0.2, 0.25) is 0 Å². The summed E-state index contributed by atoms with van der Waals surface area (Å²) in [4.78, 5) is 10.5. The van der Waals surface area contributed by atoms with Crippen LogP contribution in [-0.2, 0) is 9.53 Å². The van der Waals surface area contributed by atoms with Crippen LogP contribution in [0.3, 0.4) is 0 Å². The molecule has 0 aliphatic rings. The molecule has 0 atom stereocenters. The van der Waals surface area contributed by atoms with Gasteiger partial charge in [-0.1, -0.05) is 6.58 Å². The van der Waals surface area contributed by atoms with E-state index in [0.717, 1.165) is 6.08 Å². The molecule has 0 unspecified atom stereocenters. The number of carbonyl (C=O) groups is 1. The summed E-state index contributed by atoms with van der Waals surface area (Å²) in [7, 11) is 0. The fourth-order valence-corrected chi connectivity index (χ4v) is 0.537. The minimum Gasteiger partial charge on any atom is -0.471 e. The Balaban J connectivity index is 3.57. The first kappa shape index (κ1) is 9.10. The highest BCUT2D eigenvalue weighted by Gasteiger charge is 1.97. The van der Waals surface area contributed by atoms with Gasteiger partial charge in [-0.05, 0) is 25.2 Å². The van der Waals surface area contributed by atoms with E-state index in [1.54, 1.807) is 6.92 Å². The van der Waals surface area contributed by atoms with Crippen molar-refractivity contribution in [3.63, 3.8) is 0 Å². The van der Waals surface area contributed by atoms with E-state index in [1.807, 2.05) is 0 Å². The Morgan fingerprint density at radius 1 is 1.90 bits per heavy atom. The van der Waals surface area contributed by atoms with E-state index in [9.17, 15) is 4.79 Å². The van der Waals surface area contributed by atoms with Crippen molar-refractivity contribution in [1.29, 1.82) is 0 Å². The second kappa shape index (κ2) is 4.93. The molecule has 0 aliphatic heterocycles. The molecule has 0 saturated carbocycles. The van der Waals surface area contributed by atoms with Gasteiger partial charge in [-0.2, -0.15) is 0 Å². The summed E-state index contributed by atoms with van der Waals surface area (Å²) in [6.07, 6.45) is 1.13. The van der Waals surface area contributed by atoms with Crippen molar-refractivity contribution in [2.24, 2.45) is 0 Å². The lowest BCUT2D eigenvalue weighted by atomic mass is 10.6. The number of hydrogen-bond donors (Lipinski definition) is 1. The van der Waals surface area contributed by atoms with E-state index in [4.69, 9.17) is 4.74 Å². The summed E-state index contributed by atoms with van der Waals surface area (Å²) < 4.78 is 4.77. The molecule has 0 saturated heterocycles. The largest absolute Gasteiger partial charge is 0.471 e. The number of ether oxygens (including phenoxy) is 1. The van der Waals surface area contributed by atoms with Gasteiger partial charge in [0.15, 0.2) is 0 Å². The summed E-state index contributed by atoms with van der Waals surface area (Å²) in [5.74, 6) is -0.349. The first-order valence-electron chi connectivity index (χ1n) is 2.81. The second-order valence-electron chi connectivity index (χ2n) is 1.41.